The smallest absolute Gasteiger partial charge is 0.317 e. The van der Waals surface area contributed by atoms with Crippen molar-refractivity contribution in [3.8, 4) is 5.75 Å². The van der Waals surface area contributed by atoms with Crippen molar-refractivity contribution >= 4 is 11.9 Å². The molecule has 0 spiro atoms. The van der Waals surface area contributed by atoms with Gasteiger partial charge in [0.15, 0.2) is 0 Å². The van der Waals surface area contributed by atoms with Crippen molar-refractivity contribution in [2.24, 2.45) is 0 Å². The van der Waals surface area contributed by atoms with E-state index in [4.69, 9.17) is 4.74 Å². The highest BCUT2D eigenvalue weighted by Crippen LogP contribution is 2.27. The molecule has 0 saturated carbocycles. The van der Waals surface area contributed by atoms with E-state index in [9.17, 15) is 9.59 Å². The van der Waals surface area contributed by atoms with Crippen LogP contribution in [0.2, 0.25) is 0 Å². The third-order valence-electron chi connectivity index (χ3n) is 5.29. The molecule has 0 aromatic heterocycles. The predicted molar refractivity (Wildman–Crippen MR) is 118 cm³/mol. The third kappa shape index (κ3) is 5.75. The number of piperidine rings is 1. The molecule has 3 rings (SSSR count). The molecule has 0 aliphatic carbocycles. The Morgan fingerprint density at radius 2 is 1.93 bits per heavy atom. The Bertz CT molecular complexity index is 864. The Hall–Kier alpha value is -3.02. The standard InChI is InChI=1S/C24H31N3O3/c1-17(2)30-22-11-9-18(10-12-22)15-26-23(28)20-7-4-6-19(14-20)21-8-5-13-27(16-21)24(29)25-3/h4,6-7,9-12,14,17,21H,5,8,13,15-16H2,1-3H3,(H,25,29)(H,26,28). The van der Waals surface area contributed by atoms with Gasteiger partial charge in [-0.05, 0) is 62.1 Å². The number of carbonyl (C=O) groups is 2. The van der Waals surface area contributed by atoms with Crippen LogP contribution < -0.4 is 15.4 Å². The van der Waals surface area contributed by atoms with Crippen LogP contribution >= 0.6 is 0 Å². The number of nitrogens with one attached hydrogen (secondary N) is 2. The maximum absolute atomic E-state index is 12.7. The number of hydrogen-bond acceptors (Lipinski definition) is 3. The molecule has 2 N–H and O–H groups in total. The largest absolute Gasteiger partial charge is 0.491 e. The lowest BCUT2D eigenvalue weighted by molar-refractivity contribution is 0.0950. The van der Waals surface area contributed by atoms with Gasteiger partial charge < -0.3 is 20.3 Å². The molecule has 1 saturated heterocycles. The van der Waals surface area contributed by atoms with Crippen LogP contribution in [0.4, 0.5) is 4.79 Å². The summed E-state index contributed by atoms with van der Waals surface area (Å²) in [5.41, 5.74) is 2.76. The molecule has 2 aromatic carbocycles. The molecule has 1 aliphatic rings. The quantitative estimate of drug-likeness (QED) is 0.760. The molecule has 30 heavy (non-hydrogen) atoms. The molecule has 1 fully saturated rings. The Labute approximate surface area is 178 Å². The monoisotopic (exact) mass is 409 g/mol. The Morgan fingerprint density at radius 3 is 2.63 bits per heavy atom. The van der Waals surface area contributed by atoms with E-state index in [-0.39, 0.29) is 24.0 Å². The number of benzene rings is 2. The number of urea groups is 1. The van der Waals surface area contributed by atoms with Crippen molar-refractivity contribution in [3.63, 3.8) is 0 Å². The first-order chi connectivity index (χ1) is 14.5. The van der Waals surface area contributed by atoms with Crippen molar-refractivity contribution < 1.29 is 14.3 Å². The third-order valence-corrected chi connectivity index (χ3v) is 5.29. The SMILES string of the molecule is CNC(=O)N1CCCC(c2cccc(C(=O)NCc3ccc(OC(C)C)cc3)c2)C1. The first-order valence-electron chi connectivity index (χ1n) is 10.6. The molecule has 6 heteroatoms. The number of amides is 3. The van der Waals surface area contributed by atoms with Crippen molar-refractivity contribution in [1.29, 1.82) is 0 Å². The summed E-state index contributed by atoms with van der Waals surface area (Å²) in [7, 11) is 1.65. The highest BCUT2D eigenvalue weighted by atomic mass is 16.5. The molecular weight excluding hydrogens is 378 g/mol. The summed E-state index contributed by atoms with van der Waals surface area (Å²) in [5.74, 6) is 0.974. The first-order valence-corrected chi connectivity index (χ1v) is 10.6. The number of likely N-dealkylation sites (tertiary alicyclic amines) is 1. The lowest BCUT2D eigenvalue weighted by Crippen LogP contribution is -2.43. The predicted octanol–water partition coefficient (Wildman–Crippen LogP) is 3.92. The topological polar surface area (TPSA) is 70.7 Å². The molecule has 0 radical (unpaired) electrons. The van der Waals surface area contributed by atoms with E-state index in [1.54, 1.807) is 7.05 Å². The van der Waals surface area contributed by atoms with Gasteiger partial charge in [-0.3, -0.25) is 4.79 Å². The second-order valence-corrected chi connectivity index (χ2v) is 7.96. The van der Waals surface area contributed by atoms with Crippen molar-refractivity contribution in [3.05, 3.63) is 65.2 Å². The number of hydrogen-bond donors (Lipinski definition) is 2. The van der Waals surface area contributed by atoms with Gasteiger partial charge in [-0.1, -0.05) is 24.3 Å². The fourth-order valence-electron chi connectivity index (χ4n) is 3.77. The summed E-state index contributed by atoms with van der Waals surface area (Å²) in [6, 6.07) is 15.5. The van der Waals surface area contributed by atoms with E-state index in [0.717, 1.165) is 36.3 Å². The maximum Gasteiger partial charge on any atom is 0.317 e. The summed E-state index contributed by atoms with van der Waals surface area (Å²) < 4.78 is 5.65. The van der Waals surface area contributed by atoms with Gasteiger partial charge in [-0.25, -0.2) is 4.79 Å². The Balaban J connectivity index is 1.60. The average molecular weight is 410 g/mol. The summed E-state index contributed by atoms with van der Waals surface area (Å²) in [6.07, 6.45) is 2.12. The van der Waals surface area contributed by atoms with Crippen molar-refractivity contribution in [2.75, 3.05) is 20.1 Å². The fraction of sp³-hybridized carbons (Fsp3) is 0.417. The van der Waals surface area contributed by atoms with Crippen LogP contribution in [0.1, 0.15) is 54.1 Å². The second kappa shape index (κ2) is 10.1. The zero-order valence-corrected chi connectivity index (χ0v) is 18.0. The van der Waals surface area contributed by atoms with E-state index in [2.05, 4.69) is 10.6 Å². The summed E-state index contributed by atoms with van der Waals surface area (Å²) in [4.78, 5) is 26.5. The van der Waals surface area contributed by atoms with Gasteiger partial charge >= 0.3 is 6.03 Å². The van der Waals surface area contributed by atoms with E-state index in [0.29, 0.717) is 18.7 Å². The lowest BCUT2D eigenvalue weighted by atomic mass is 9.89. The number of carbonyl (C=O) groups excluding carboxylic acids is 2. The molecule has 3 amide bonds. The van der Waals surface area contributed by atoms with Gasteiger partial charge in [0.25, 0.3) is 5.91 Å². The normalized spacial score (nSPS) is 16.3. The highest BCUT2D eigenvalue weighted by Gasteiger charge is 2.24. The van der Waals surface area contributed by atoms with E-state index in [1.165, 1.54) is 0 Å². The van der Waals surface area contributed by atoms with E-state index < -0.39 is 0 Å². The molecule has 160 valence electrons. The van der Waals surface area contributed by atoms with Gasteiger partial charge in [0.05, 0.1) is 6.10 Å². The van der Waals surface area contributed by atoms with E-state index in [1.807, 2.05) is 67.3 Å². The molecule has 6 nitrogen and oxygen atoms in total. The van der Waals surface area contributed by atoms with Gasteiger partial charge in [0.1, 0.15) is 5.75 Å². The summed E-state index contributed by atoms with van der Waals surface area (Å²) in [5, 5.41) is 5.68. The van der Waals surface area contributed by atoms with Crippen LogP contribution in [0.5, 0.6) is 5.75 Å². The van der Waals surface area contributed by atoms with Gasteiger partial charge in [0.2, 0.25) is 0 Å². The van der Waals surface area contributed by atoms with Crippen molar-refractivity contribution in [1.82, 2.24) is 15.5 Å². The number of rotatable bonds is 6. The summed E-state index contributed by atoms with van der Waals surface area (Å²) in [6.45, 7) is 5.89. The highest BCUT2D eigenvalue weighted by molar-refractivity contribution is 5.94. The van der Waals surface area contributed by atoms with Crippen LogP contribution in [-0.4, -0.2) is 43.1 Å². The van der Waals surface area contributed by atoms with Crippen LogP contribution in [0.25, 0.3) is 0 Å². The molecule has 1 unspecified atom stereocenters. The van der Waals surface area contributed by atoms with Crippen LogP contribution in [-0.2, 0) is 6.54 Å². The van der Waals surface area contributed by atoms with Gasteiger partial charge in [-0.2, -0.15) is 0 Å². The Morgan fingerprint density at radius 1 is 1.17 bits per heavy atom. The minimum absolute atomic E-state index is 0.0431. The molecule has 1 heterocycles. The minimum Gasteiger partial charge on any atom is -0.491 e. The van der Waals surface area contributed by atoms with Crippen LogP contribution in [0.15, 0.2) is 48.5 Å². The zero-order valence-electron chi connectivity index (χ0n) is 18.0. The molecule has 0 bridgehead atoms. The van der Waals surface area contributed by atoms with Crippen LogP contribution in [0.3, 0.4) is 0 Å². The fourth-order valence-corrected chi connectivity index (χ4v) is 3.77. The zero-order chi connectivity index (χ0) is 21.5. The maximum atomic E-state index is 12.7. The second-order valence-electron chi connectivity index (χ2n) is 7.96. The Kier molecular flexibility index (Phi) is 7.33. The molecular formula is C24H31N3O3. The minimum atomic E-state index is -0.0988. The van der Waals surface area contributed by atoms with Crippen molar-refractivity contribution in [2.45, 2.75) is 45.3 Å². The molecule has 2 aromatic rings. The first kappa shape index (κ1) is 21.7. The molecule has 1 atom stereocenters. The van der Waals surface area contributed by atoms with Gasteiger partial charge in [0, 0.05) is 38.2 Å². The molecule has 1 aliphatic heterocycles. The van der Waals surface area contributed by atoms with E-state index >= 15 is 0 Å². The summed E-state index contributed by atoms with van der Waals surface area (Å²) >= 11 is 0. The lowest BCUT2D eigenvalue weighted by Gasteiger charge is -2.32. The number of nitrogens with zero attached hydrogens (tertiary/aromatic N) is 1. The number of ether oxygens (including phenoxy) is 1. The van der Waals surface area contributed by atoms with Crippen LogP contribution in [0, 0.1) is 0 Å². The van der Waals surface area contributed by atoms with Gasteiger partial charge in [-0.15, -0.1) is 0 Å². The average Bonchev–Trinajstić information content (AvgIpc) is 2.77.